The SMILES string of the molecule is CCCNC(=O)CNC(=NC)NC(C)CCCN(CC)CC.I. The number of carbonyl (C=O) groups excluding carboxylic acids is 1. The first-order chi connectivity index (χ1) is 10.6. The molecule has 1 amide bonds. The van der Waals surface area contributed by atoms with Gasteiger partial charge in [-0.3, -0.25) is 9.79 Å². The molecule has 0 radical (unpaired) electrons. The number of rotatable bonds is 11. The average Bonchev–Trinajstić information content (AvgIpc) is 2.53. The van der Waals surface area contributed by atoms with Crippen molar-refractivity contribution >= 4 is 35.8 Å². The van der Waals surface area contributed by atoms with Crippen LogP contribution in [0, 0.1) is 0 Å². The van der Waals surface area contributed by atoms with Gasteiger partial charge in [0.25, 0.3) is 0 Å². The second kappa shape index (κ2) is 16.3. The van der Waals surface area contributed by atoms with Gasteiger partial charge in [-0.1, -0.05) is 20.8 Å². The van der Waals surface area contributed by atoms with Crippen molar-refractivity contribution < 1.29 is 4.79 Å². The van der Waals surface area contributed by atoms with Gasteiger partial charge in [-0.2, -0.15) is 0 Å². The maximum atomic E-state index is 11.6. The lowest BCUT2D eigenvalue weighted by molar-refractivity contribution is -0.120. The molecule has 0 aromatic carbocycles. The van der Waals surface area contributed by atoms with Crippen LogP contribution in [0.25, 0.3) is 0 Å². The number of aliphatic imine (C=N–C) groups is 1. The van der Waals surface area contributed by atoms with Crippen molar-refractivity contribution in [2.75, 3.05) is 39.8 Å². The third-order valence-corrected chi connectivity index (χ3v) is 3.60. The maximum Gasteiger partial charge on any atom is 0.239 e. The summed E-state index contributed by atoms with van der Waals surface area (Å²) in [6, 6.07) is 0.334. The van der Waals surface area contributed by atoms with E-state index in [1.807, 2.05) is 6.92 Å². The molecule has 0 aliphatic rings. The van der Waals surface area contributed by atoms with Gasteiger partial charge in [-0.25, -0.2) is 0 Å². The summed E-state index contributed by atoms with van der Waals surface area (Å²) in [6.07, 6.45) is 3.19. The zero-order chi connectivity index (χ0) is 16.8. The summed E-state index contributed by atoms with van der Waals surface area (Å²) in [7, 11) is 1.72. The van der Waals surface area contributed by atoms with E-state index in [1.54, 1.807) is 7.05 Å². The van der Waals surface area contributed by atoms with Gasteiger partial charge < -0.3 is 20.9 Å². The fourth-order valence-electron chi connectivity index (χ4n) is 2.15. The number of hydrogen-bond acceptors (Lipinski definition) is 3. The number of nitrogens with one attached hydrogen (secondary N) is 3. The molecule has 0 saturated carbocycles. The van der Waals surface area contributed by atoms with Crippen molar-refractivity contribution in [1.82, 2.24) is 20.9 Å². The first-order valence-electron chi connectivity index (χ1n) is 8.53. The highest BCUT2D eigenvalue weighted by atomic mass is 127. The van der Waals surface area contributed by atoms with E-state index in [0.29, 0.717) is 18.5 Å². The average molecular weight is 441 g/mol. The van der Waals surface area contributed by atoms with Crippen LogP contribution >= 0.6 is 24.0 Å². The highest BCUT2D eigenvalue weighted by Crippen LogP contribution is 1.99. The van der Waals surface area contributed by atoms with E-state index in [2.05, 4.69) is 46.6 Å². The summed E-state index contributed by atoms with van der Waals surface area (Å²) in [5.74, 6) is 0.681. The van der Waals surface area contributed by atoms with Crippen LogP contribution in [0.1, 0.15) is 47.0 Å². The minimum absolute atomic E-state index is 0. The summed E-state index contributed by atoms with van der Waals surface area (Å²) >= 11 is 0. The van der Waals surface area contributed by atoms with E-state index in [-0.39, 0.29) is 36.4 Å². The molecule has 7 heteroatoms. The highest BCUT2D eigenvalue weighted by molar-refractivity contribution is 14.0. The Labute approximate surface area is 159 Å². The first kappa shape index (κ1) is 24.7. The Bertz CT molecular complexity index is 322. The standard InChI is InChI=1S/C16H35N5O.HI/c1-6-11-18-15(22)13-19-16(17-5)20-14(4)10-9-12-21(7-2)8-3;/h14H,6-13H2,1-5H3,(H,18,22)(H2,17,19,20);1H. The number of carbonyl (C=O) groups is 1. The van der Waals surface area contributed by atoms with Crippen LogP contribution in [0.2, 0.25) is 0 Å². The molecule has 1 unspecified atom stereocenters. The van der Waals surface area contributed by atoms with Gasteiger partial charge in [0.1, 0.15) is 0 Å². The lowest BCUT2D eigenvalue weighted by atomic mass is 10.2. The number of halogens is 1. The quantitative estimate of drug-likeness (QED) is 0.260. The fraction of sp³-hybridized carbons (Fsp3) is 0.875. The maximum absolute atomic E-state index is 11.6. The monoisotopic (exact) mass is 441 g/mol. The lowest BCUT2D eigenvalue weighted by Crippen LogP contribution is -2.46. The molecular formula is C16H36IN5O. The molecule has 0 rings (SSSR count). The Morgan fingerprint density at radius 1 is 1.17 bits per heavy atom. The largest absolute Gasteiger partial charge is 0.355 e. The molecule has 6 nitrogen and oxygen atoms in total. The molecule has 0 spiro atoms. The van der Waals surface area contributed by atoms with Crippen molar-refractivity contribution in [2.45, 2.75) is 53.0 Å². The molecule has 0 saturated heterocycles. The predicted octanol–water partition coefficient (Wildman–Crippen LogP) is 1.81. The van der Waals surface area contributed by atoms with Crippen LogP contribution in [0.5, 0.6) is 0 Å². The van der Waals surface area contributed by atoms with Gasteiger partial charge in [0, 0.05) is 19.6 Å². The normalized spacial score (nSPS) is 12.5. The summed E-state index contributed by atoms with van der Waals surface area (Å²) in [4.78, 5) is 18.1. The van der Waals surface area contributed by atoms with Crippen LogP contribution in [0.15, 0.2) is 4.99 Å². The first-order valence-corrected chi connectivity index (χ1v) is 8.53. The Morgan fingerprint density at radius 2 is 1.83 bits per heavy atom. The highest BCUT2D eigenvalue weighted by Gasteiger charge is 2.07. The van der Waals surface area contributed by atoms with Crippen LogP contribution < -0.4 is 16.0 Å². The summed E-state index contributed by atoms with van der Waals surface area (Å²) in [5.41, 5.74) is 0. The fourth-order valence-corrected chi connectivity index (χ4v) is 2.15. The topological polar surface area (TPSA) is 68.8 Å². The van der Waals surface area contributed by atoms with Crippen molar-refractivity contribution in [3.05, 3.63) is 0 Å². The molecule has 23 heavy (non-hydrogen) atoms. The Morgan fingerprint density at radius 3 is 2.35 bits per heavy atom. The molecule has 0 aromatic heterocycles. The minimum Gasteiger partial charge on any atom is -0.355 e. The molecule has 3 N–H and O–H groups in total. The van der Waals surface area contributed by atoms with Crippen molar-refractivity contribution in [1.29, 1.82) is 0 Å². The molecule has 0 fully saturated rings. The smallest absolute Gasteiger partial charge is 0.239 e. The summed E-state index contributed by atoms with van der Waals surface area (Å²) in [5, 5.41) is 9.21. The second-order valence-electron chi connectivity index (χ2n) is 5.49. The van der Waals surface area contributed by atoms with Crippen LogP contribution in [-0.2, 0) is 4.79 Å². The second-order valence-corrected chi connectivity index (χ2v) is 5.49. The number of guanidine groups is 1. The number of nitrogens with zero attached hydrogens (tertiary/aromatic N) is 2. The third kappa shape index (κ3) is 13.6. The van der Waals surface area contributed by atoms with Gasteiger partial charge >= 0.3 is 0 Å². The predicted molar refractivity (Wildman–Crippen MR) is 110 cm³/mol. The van der Waals surface area contributed by atoms with E-state index in [4.69, 9.17) is 0 Å². The molecule has 0 aliphatic heterocycles. The Hall–Kier alpha value is -0.570. The zero-order valence-electron chi connectivity index (χ0n) is 15.4. The van der Waals surface area contributed by atoms with Crippen molar-refractivity contribution in [3.8, 4) is 0 Å². The number of amides is 1. The molecule has 0 heterocycles. The van der Waals surface area contributed by atoms with Gasteiger partial charge in [0.05, 0.1) is 6.54 Å². The summed E-state index contributed by atoms with van der Waals surface area (Å²) in [6.45, 7) is 12.9. The number of hydrogen-bond donors (Lipinski definition) is 3. The van der Waals surface area contributed by atoms with Crippen LogP contribution in [0.4, 0.5) is 0 Å². The van der Waals surface area contributed by atoms with Crippen molar-refractivity contribution in [2.24, 2.45) is 4.99 Å². The summed E-state index contributed by atoms with van der Waals surface area (Å²) < 4.78 is 0. The van der Waals surface area contributed by atoms with Crippen LogP contribution in [0.3, 0.4) is 0 Å². The molecule has 0 aliphatic carbocycles. The Kier molecular flexibility index (Phi) is 17.5. The van der Waals surface area contributed by atoms with Gasteiger partial charge in [0.15, 0.2) is 5.96 Å². The molecule has 0 aromatic rings. The van der Waals surface area contributed by atoms with Gasteiger partial charge in [-0.15, -0.1) is 24.0 Å². The lowest BCUT2D eigenvalue weighted by Gasteiger charge is -2.21. The van der Waals surface area contributed by atoms with E-state index >= 15 is 0 Å². The van der Waals surface area contributed by atoms with Gasteiger partial charge in [-0.05, 0) is 45.8 Å². The van der Waals surface area contributed by atoms with E-state index in [1.165, 1.54) is 0 Å². The van der Waals surface area contributed by atoms with Crippen molar-refractivity contribution in [3.63, 3.8) is 0 Å². The molecule has 138 valence electrons. The third-order valence-electron chi connectivity index (χ3n) is 3.60. The molecule has 1 atom stereocenters. The Balaban J connectivity index is 0. The molecule has 0 bridgehead atoms. The van der Waals surface area contributed by atoms with Gasteiger partial charge in [0.2, 0.25) is 5.91 Å². The van der Waals surface area contributed by atoms with E-state index in [9.17, 15) is 4.79 Å². The van der Waals surface area contributed by atoms with Crippen LogP contribution in [-0.4, -0.2) is 62.6 Å². The molecular weight excluding hydrogens is 405 g/mol. The minimum atomic E-state index is -0.000938. The van der Waals surface area contributed by atoms with E-state index < -0.39 is 0 Å². The van der Waals surface area contributed by atoms with E-state index in [0.717, 1.165) is 38.9 Å². The zero-order valence-corrected chi connectivity index (χ0v) is 17.8.